The van der Waals surface area contributed by atoms with Crippen molar-refractivity contribution in [2.24, 2.45) is 0 Å². The third kappa shape index (κ3) is 5.30. The van der Waals surface area contributed by atoms with Crippen LogP contribution in [0.15, 0.2) is 18.2 Å². The molecule has 0 radical (unpaired) electrons. The zero-order valence-corrected chi connectivity index (χ0v) is 11.8. The maximum absolute atomic E-state index is 11.4. The first-order chi connectivity index (χ1) is 9.04. The van der Waals surface area contributed by atoms with Gasteiger partial charge in [0.25, 0.3) is 0 Å². The van der Waals surface area contributed by atoms with Gasteiger partial charge in [-0.2, -0.15) is 0 Å². The second kappa shape index (κ2) is 7.79. The summed E-state index contributed by atoms with van der Waals surface area (Å²) in [4.78, 5) is 11.4. The Bertz CT molecular complexity index is 413. The first-order valence-electron chi connectivity index (χ1n) is 6.61. The predicted molar refractivity (Wildman–Crippen MR) is 73.2 cm³/mol. The summed E-state index contributed by atoms with van der Waals surface area (Å²) in [7, 11) is 0. The Morgan fingerprint density at radius 2 is 2.16 bits per heavy atom. The molecule has 0 saturated carbocycles. The SMILES string of the molecule is CCCCOC(=O)COc1ccc(C)cc1[C@@H](C)O. The van der Waals surface area contributed by atoms with E-state index in [1.165, 1.54) is 0 Å². The molecule has 4 heteroatoms. The van der Waals surface area contributed by atoms with Crippen LogP contribution in [0.25, 0.3) is 0 Å². The van der Waals surface area contributed by atoms with Gasteiger partial charge in [0, 0.05) is 5.56 Å². The summed E-state index contributed by atoms with van der Waals surface area (Å²) in [5.74, 6) is 0.138. The normalized spacial score (nSPS) is 12.0. The molecule has 1 aromatic carbocycles. The molecule has 0 aromatic heterocycles. The van der Waals surface area contributed by atoms with Crippen molar-refractivity contribution in [1.82, 2.24) is 0 Å². The van der Waals surface area contributed by atoms with E-state index in [0.29, 0.717) is 17.9 Å². The Balaban J connectivity index is 2.55. The van der Waals surface area contributed by atoms with Crippen LogP contribution in [0.1, 0.15) is 43.9 Å². The summed E-state index contributed by atoms with van der Waals surface area (Å²) in [6.07, 6.45) is 1.21. The number of aliphatic hydroxyl groups is 1. The highest BCUT2D eigenvalue weighted by Crippen LogP contribution is 2.26. The molecule has 1 rings (SSSR count). The largest absolute Gasteiger partial charge is 0.482 e. The Labute approximate surface area is 114 Å². The van der Waals surface area contributed by atoms with Crippen molar-refractivity contribution in [3.63, 3.8) is 0 Å². The summed E-state index contributed by atoms with van der Waals surface area (Å²) in [6, 6.07) is 5.49. The fraction of sp³-hybridized carbons (Fsp3) is 0.533. The number of ether oxygens (including phenoxy) is 2. The fourth-order valence-electron chi connectivity index (χ4n) is 1.63. The lowest BCUT2D eigenvalue weighted by molar-refractivity contribution is -0.146. The van der Waals surface area contributed by atoms with Crippen LogP contribution in [-0.2, 0) is 9.53 Å². The third-order valence-corrected chi connectivity index (χ3v) is 2.72. The van der Waals surface area contributed by atoms with Gasteiger partial charge in [-0.05, 0) is 32.4 Å². The molecule has 0 spiro atoms. The molecule has 1 N–H and O–H groups in total. The highest BCUT2D eigenvalue weighted by Gasteiger charge is 2.11. The van der Waals surface area contributed by atoms with Crippen LogP contribution in [0.2, 0.25) is 0 Å². The van der Waals surface area contributed by atoms with Crippen molar-refractivity contribution in [2.75, 3.05) is 13.2 Å². The highest BCUT2D eigenvalue weighted by atomic mass is 16.6. The summed E-state index contributed by atoms with van der Waals surface area (Å²) in [5.41, 5.74) is 1.72. The number of carbonyl (C=O) groups excluding carboxylic acids is 1. The Hall–Kier alpha value is -1.55. The van der Waals surface area contributed by atoms with E-state index in [2.05, 4.69) is 0 Å². The molecule has 1 aromatic rings. The molecule has 0 saturated heterocycles. The van der Waals surface area contributed by atoms with E-state index in [9.17, 15) is 9.90 Å². The predicted octanol–water partition coefficient (Wildman–Crippen LogP) is 2.77. The van der Waals surface area contributed by atoms with Crippen molar-refractivity contribution < 1.29 is 19.4 Å². The van der Waals surface area contributed by atoms with Crippen molar-refractivity contribution in [3.8, 4) is 5.75 Å². The molecule has 19 heavy (non-hydrogen) atoms. The molecule has 106 valence electrons. The standard InChI is InChI=1S/C15H22O4/c1-4-5-8-18-15(17)10-19-14-7-6-11(2)9-13(14)12(3)16/h6-7,9,12,16H,4-5,8,10H2,1-3H3/t12-/m1/s1. The molecule has 1 atom stereocenters. The summed E-state index contributed by atoms with van der Waals surface area (Å²) < 4.78 is 10.4. The van der Waals surface area contributed by atoms with E-state index in [-0.39, 0.29) is 12.6 Å². The van der Waals surface area contributed by atoms with E-state index in [0.717, 1.165) is 18.4 Å². The first-order valence-corrected chi connectivity index (χ1v) is 6.61. The van der Waals surface area contributed by atoms with Crippen LogP contribution in [0.3, 0.4) is 0 Å². The van der Waals surface area contributed by atoms with Crippen molar-refractivity contribution in [1.29, 1.82) is 0 Å². The molecule has 0 heterocycles. The van der Waals surface area contributed by atoms with E-state index >= 15 is 0 Å². The van der Waals surface area contributed by atoms with Crippen LogP contribution in [0.5, 0.6) is 5.75 Å². The average Bonchev–Trinajstić information content (AvgIpc) is 2.37. The minimum atomic E-state index is -0.633. The number of unbranched alkanes of at least 4 members (excludes halogenated alkanes) is 1. The van der Waals surface area contributed by atoms with Crippen LogP contribution in [0, 0.1) is 6.92 Å². The smallest absolute Gasteiger partial charge is 0.344 e. The molecule has 0 aliphatic rings. The van der Waals surface area contributed by atoms with E-state index < -0.39 is 6.10 Å². The third-order valence-electron chi connectivity index (χ3n) is 2.72. The van der Waals surface area contributed by atoms with Crippen molar-refractivity contribution >= 4 is 5.97 Å². The summed E-state index contributed by atoms with van der Waals surface area (Å²) in [6.45, 7) is 5.93. The van der Waals surface area contributed by atoms with Gasteiger partial charge in [0.15, 0.2) is 6.61 Å². The zero-order chi connectivity index (χ0) is 14.3. The second-order valence-electron chi connectivity index (χ2n) is 4.58. The lowest BCUT2D eigenvalue weighted by atomic mass is 10.1. The molecular weight excluding hydrogens is 244 g/mol. The van der Waals surface area contributed by atoms with Crippen LogP contribution < -0.4 is 4.74 Å². The molecular formula is C15H22O4. The van der Waals surface area contributed by atoms with Gasteiger partial charge in [-0.15, -0.1) is 0 Å². The van der Waals surface area contributed by atoms with Gasteiger partial charge in [-0.25, -0.2) is 4.79 Å². The van der Waals surface area contributed by atoms with Gasteiger partial charge in [0.1, 0.15) is 5.75 Å². The molecule has 0 amide bonds. The number of aryl methyl sites for hydroxylation is 1. The van der Waals surface area contributed by atoms with E-state index in [1.807, 2.05) is 26.0 Å². The topological polar surface area (TPSA) is 55.8 Å². The molecule has 0 bridgehead atoms. The second-order valence-corrected chi connectivity index (χ2v) is 4.58. The number of esters is 1. The molecule has 0 fully saturated rings. The molecule has 4 nitrogen and oxygen atoms in total. The van der Waals surface area contributed by atoms with Gasteiger partial charge in [0.05, 0.1) is 12.7 Å². The van der Waals surface area contributed by atoms with Crippen molar-refractivity contribution in [2.45, 2.75) is 39.7 Å². The minimum absolute atomic E-state index is 0.132. The first kappa shape index (κ1) is 15.5. The molecule has 0 aliphatic heterocycles. The van der Waals surface area contributed by atoms with Crippen LogP contribution in [0.4, 0.5) is 0 Å². The van der Waals surface area contributed by atoms with Gasteiger partial charge in [-0.3, -0.25) is 0 Å². The van der Waals surface area contributed by atoms with E-state index in [1.54, 1.807) is 13.0 Å². The quantitative estimate of drug-likeness (QED) is 0.609. The monoisotopic (exact) mass is 266 g/mol. The maximum Gasteiger partial charge on any atom is 0.344 e. The van der Waals surface area contributed by atoms with Gasteiger partial charge in [0.2, 0.25) is 0 Å². The Morgan fingerprint density at radius 3 is 2.79 bits per heavy atom. The lowest BCUT2D eigenvalue weighted by Gasteiger charge is -2.14. The molecule has 0 unspecified atom stereocenters. The number of carbonyl (C=O) groups is 1. The average molecular weight is 266 g/mol. The summed E-state index contributed by atoms with van der Waals surface area (Å²) in [5, 5.41) is 9.67. The van der Waals surface area contributed by atoms with E-state index in [4.69, 9.17) is 9.47 Å². The minimum Gasteiger partial charge on any atom is -0.482 e. The van der Waals surface area contributed by atoms with Crippen LogP contribution >= 0.6 is 0 Å². The molecule has 0 aliphatic carbocycles. The fourth-order valence-corrected chi connectivity index (χ4v) is 1.63. The van der Waals surface area contributed by atoms with Gasteiger partial charge in [-0.1, -0.05) is 25.0 Å². The number of rotatable bonds is 7. The number of benzene rings is 1. The maximum atomic E-state index is 11.4. The van der Waals surface area contributed by atoms with Gasteiger partial charge < -0.3 is 14.6 Å². The lowest BCUT2D eigenvalue weighted by Crippen LogP contribution is -2.16. The Kier molecular flexibility index (Phi) is 6.36. The number of hydrogen-bond donors (Lipinski definition) is 1. The number of aliphatic hydroxyl groups excluding tert-OH is 1. The van der Waals surface area contributed by atoms with Crippen LogP contribution in [-0.4, -0.2) is 24.3 Å². The Morgan fingerprint density at radius 1 is 1.42 bits per heavy atom. The van der Waals surface area contributed by atoms with Gasteiger partial charge >= 0.3 is 5.97 Å². The number of hydrogen-bond acceptors (Lipinski definition) is 4. The highest BCUT2D eigenvalue weighted by molar-refractivity contribution is 5.71. The summed E-state index contributed by atoms with van der Waals surface area (Å²) >= 11 is 0. The van der Waals surface area contributed by atoms with Crippen molar-refractivity contribution in [3.05, 3.63) is 29.3 Å². The zero-order valence-electron chi connectivity index (χ0n) is 11.8.